The number of rotatable bonds is 5. The molecule has 10 heteroatoms. The highest BCUT2D eigenvalue weighted by atomic mass is 32.2. The van der Waals surface area contributed by atoms with Gasteiger partial charge in [0.15, 0.2) is 0 Å². The van der Waals surface area contributed by atoms with E-state index in [0.717, 1.165) is 6.26 Å². The minimum Gasteiger partial charge on any atom is -0.465 e. The SMILES string of the molecule is CCCC(=O)N1c2ccc(-c3ccc(NS(C)(=O)=O)c(F)c3)cc2N(C(=O)O)C[C@@H]1C. The lowest BCUT2D eigenvalue weighted by Crippen LogP contribution is -2.51. The van der Waals surface area contributed by atoms with Gasteiger partial charge in [-0.3, -0.25) is 14.4 Å². The Hall–Kier alpha value is -3.14. The van der Waals surface area contributed by atoms with Crippen molar-refractivity contribution in [3.05, 3.63) is 42.2 Å². The fraction of sp³-hybridized carbons (Fsp3) is 0.333. The van der Waals surface area contributed by atoms with E-state index in [0.29, 0.717) is 35.3 Å². The zero-order chi connectivity index (χ0) is 22.9. The van der Waals surface area contributed by atoms with Gasteiger partial charge in [0, 0.05) is 13.0 Å². The fourth-order valence-corrected chi connectivity index (χ4v) is 4.24. The number of carbonyl (C=O) groups is 2. The molecule has 1 atom stereocenters. The highest BCUT2D eigenvalue weighted by molar-refractivity contribution is 7.92. The van der Waals surface area contributed by atoms with Crippen molar-refractivity contribution >= 4 is 39.1 Å². The molecule has 0 aliphatic carbocycles. The molecule has 0 aromatic heterocycles. The van der Waals surface area contributed by atoms with Crippen LogP contribution in [-0.2, 0) is 14.8 Å². The maximum absolute atomic E-state index is 14.4. The van der Waals surface area contributed by atoms with Gasteiger partial charge in [-0.15, -0.1) is 0 Å². The molecule has 1 aliphatic rings. The molecular formula is C21H24FN3O5S. The number of carboxylic acid groups (broad SMARTS) is 1. The van der Waals surface area contributed by atoms with E-state index in [9.17, 15) is 27.5 Å². The molecule has 0 saturated heterocycles. The lowest BCUT2D eigenvalue weighted by Gasteiger charge is -2.40. The number of amides is 2. The molecule has 2 aromatic carbocycles. The number of fused-ring (bicyclic) bond motifs is 1. The maximum atomic E-state index is 14.4. The smallest absolute Gasteiger partial charge is 0.411 e. The molecule has 2 amide bonds. The third kappa shape index (κ3) is 4.79. The van der Waals surface area contributed by atoms with Gasteiger partial charge in [0.05, 0.1) is 29.4 Å². The van der Waals surface area contributed by atoms with Crippen LogP contribution < -0.4 is 14.5 Å². The van der Waals surface area contributed by atoms with Crippen molar-refractivity contribution in [1.29, 1.82) is 0 Å². The minimum atomic E-state index is -3.63. The summed E-state index contributed by atoms with van der Waals surface area (Å²) in [4.78, 5) is 27.3. The number of hydrogen-bond donors (Lipinski definition) is 2. The van der Waals surface area contributed by atoms with Gasteiger partial charge in [-0.05, 0) is 48.7 Å². The monoisotopic (exact) mass is 449 g/mol. The molecule has 8 nitrogen and oxygen atoms in total. The van der Waals surface area contributed by atoms with Gasteiger partial charge >= 0.3 is 6.09 Å². The zero-order valence-electron chi connectivity index (χ0n) is 17.4. The number of nitrogens with zero attached hydrogens (tertiary/aromatic N) is 2. The largest absolute Gasteiger partial charge is 0.465 e. The Kier molecular flexibility index (Phi) is 6.21. The van der Waals surface area contributed by atoms with Crippen LogP contribution >= 0.6 is 0 Å². The summed E-state index contributed by atoms with van der Waals surface area (Å²) in [5.74, 6) is -0.847. The lowest BCUT2D eigenvalue weighted by atomic mass is 10.00. The van der Waals surface area contributed by atoms with E-state index < -0.39 is 21.9 Å². The van der Waals surface area contributed by atoms with Crippen molar-refractivity contribution < 1.29 is 27.5 Å². The van der Waals surface area contributed by atoms with Crippen LogP contribution in [-0.4, -0.2) is 44.4 Å². The molecule has 0 bridgehead atoms. The molecule has 31 heavy (non-hydrogen) atoms. The topological polar surface area (TPSA) is 107 Å². The zero-order valence-corrected chi connectivity index (χ0v) is 18.2. The first-order valence-electron chi connectivity index (χ1n) is 9.76. The molecular weight excluding hydrogens is 425 g/mol. The number of hydrogen-bond acceptors (Lipinski definition) is 4. The summed E-state index contributed by atoms with van der Waals surface area (Å²) in [7, 11) is -3.63. The number of anilines is 3. The van der Waals surface area contributed by atoms with E-state index >= 15 is 0 Å². The van der Waals surface area contributed by atoms with E-state index in [2.05, 4.69) is 4.72 Å². The number of sulfonamides is 1. The summed E-state index contributed by atoms with van der Waals surface area (Å²) in [6, 6.07) is 8.62. The van der Waals surface area contributed by atoms with Crippen molar-refractivity contribution in [2.24, 2.45) is 0 Å². The molecule has 0 unspecified atom stereocenters. The molecule has 0 fully saturated rings. The molecule has 1 heterocycles. The first-order valence-corrected chi connectivity index (χ1v) is 11.6. The molecule has 0 spiro atoms. The fourth-order valence-electron chi connectivity index (χ4n) is 3.68. The summed E-state index contributed by atoms with van der Waals surface area (Å²) >= 11 is 0. The van der Waals surface area contributed by atoms with Gasteiger partial charge in [-0.1, -0.05) is 19.1 Å². The van der Waals surface area contributed by atoms with Gasteiger partial charge in [-0.25, -0.2) is 17.6 Å². The van der Waals surface area contributed by atoms with Gasteiger partial charge in [-0.2, -0.15) is 0 Å². The average molecular weight is 450 g/mol. The number of carbonyl (C=O) groups excluding carboxylic acids is 1. The van der Waals surface area contributed by atoms with E-state index in [4.69, 9.17) is 0 Å². The molecule has 0 saturated carbocycles. The predicted octanol–water partition coefficient (Wildman–Crippen LogP) is 3.88. The van der Waals surface area contributed by atoms with Gasteiger partial charge in [0.25, 0.3) is 0 Å². The van der Waals surface area contributed by atoms with Gasteiger partial charge < -0.3 is 10.0 Å². The van der Waals surface area contributed by atoms with Gasteiger partial charge in [0.2, 0.25) is 15.9 Å². The third-order valence-electron chi connectivity index (χ3n) is 4.97. The Balaban J connectivity index is 2.06. The Bertz CT molecular complexity index is 1140. The van der Waals surface area contributed by atoms with Crippen molar-refractivity contribution in [2.45, 2.75) is 32.7 Å². The van der Waals surface area contributed by atoms with Crippen molar-refractivity contribution in [3.8, 4) is 11.1 Å². The summed E-state index contributed by atoms with van der Waals surface area (Å²) in [6.07, 6.45) is 0.799. The summed E-state index contributed by atoms with van der Waals surface area (Å²) in [5, 5.41) is 9.68. The Morgan fingerprint density at radius 1 is 1.16 bits per heavy atom. The van der Waals surface area contributed by atoms with Crippen molar-refractivity contribution in [2.75, 3.05) is 27.3 Å². The highest BCUT2D eigenvalue weighted by Crippen LogP contribution is 2.39. The van der Waals surface area contributed by atoms with E-state index in [1.54, 1.807) is 30.0 Å². The Morgan fingerprint density at radius 2 is 1.81 bits per heavy atom. The quantitative estimate of drug-likeness (QED) is 0.720. The third-order valence-corrected chi connectivity index (χ3v) is 5.57. The maximum Gasteiger partial charge on any atom is 0.411 e. The number of nitrogens with one attached hydrogen (secondary N) is 1. The second-order valence-electron chi connectivity index (χ2n) is 7.53. The van der Waals surface area contributed by atoms with E-state index in [1.807, 2.05) is 6.92 Å². The Morgan fingerprint density at radius 3 is 2.39 bits per heavy atom. The van der Waals surface area contributed by atoms with Crippen LogP contribution in [0.5, 0.6) is 0 Å². The summed E-state index contributed by atoms with van der Waals surface area (Å²) in [6.45, 7) is 3.81. The van der Waals surface area contributed by atoms with Crippen LogP contribution in [0.25, 0.3) is 11.1 Å². The van der Waals surface area contributed by atoms with Crippen LogP contribution in [0.15, 0.2) is 36.4 Å². The summed E-state index contributed by atoms with van der Waals surface area (Å²) < 4.78 is 39.2. The molecule has 3 rings (SSSR count). The van der Waals surface area contributed by atoms with Crippen LogP contribution in [0.4, 0.5) is 26.2 Å². The number of benzene rings is 2. The van der Waals surface area contributed by atoms with Crippen molar-refractivity contribution in [3.63, 3.8) is 0 Å². The van der Waals surface area contributed by atoms with E-state index in [1.165, 1.54) is 23.1 Å². The molecule has 166 valence electrons. The van der Waals surface area contributed by atoms with Crippen LogP contribution in [0.1, 0.15) is 26.7 Å². The first kappa shape index (κ1) is 22.5. The highest BCUT2D eigenvalue weighted by Gasteiger charge is 2.34. The summed E-state index contributed by atoms with van der Waals surface area (Å²) in [5.41, 5.74) is 1.62. The van der Waals surface area contributed by atoms with Crippen LogP contribution in [0.2, 0.25) is 0 Å². The normalized spacial score (nSPS) is 16.1. The van der Waals surface area contributed by atoms with Crippen molar-refractivity contribution in [1.82, 2.24) is 0 Å². The molecule has 1 aliphatic heterocycles. The van der Waals surface area contributed by atoms with Crippen LogP contribution in [0.3, 0.4) is 0 Å². The minimum absolute atomic E-state index is 0.0868. The molecule has 0 radical (unpaired) electrons. The Labute approximate surface area is 180 Å². The molecule has 2 N–H and O–H groups in total. The second-order valence-corrected chi connectivity index (χ2v) is 9.28. The standard InChI is InChI=1S/C21H24FN3O5S/c1-4-5-20(26)25-13(2)12-24(21(27)28)19-11-15(7-9-18(19)25)14-6-8-17(16(22)10-14)23-31(3,29)30/h6-11,13,23H,4-5,12H2,1-3H3,(H,27,28)/t13-/m0/s1. The second kappa shape index (κ2) is 8.54. The average Bonchev–Trinajstić information content (AvgIpc) is 2.67. The van der Waals surface area contributed by atoms with Crippen LogP contribution in [0, 0.1) is 5.82 Å². The first-order chi connectivity index (χ1) is 14.5. The molecule has 2 aromatic rings. The van der Waals surface area contributed by atoms with Gasteiger partial charge in [0.1, 0.15) is 5.82 Å². The lowest BCUT2D eigenvalue weighted by molar-refractivity contribution is -0.119. The van der Waals surface area contributed by atoms with E-state index in [-0.39, 0.29) is 24.2 Å². The number of halogens is 1. The predicted molar refractivity (Wildman–Crippen MR) is 118 cm³/mol.